The molecule has 11 nitrogen and oxygen atoms in total. The average molecular weight is 380 g/mol. The Balaban J connectivity index is 2.53. The van der Waals surface area contributed by atoms with Gasteiger partial charge in [-0.25, -0.2) is 0 Å². The predicted octanol–water partition coefficient (Wildman–Crippen LogP) is -2.94. The predicted molar refractivity (Wildman–Crippen MR) is 74.5 cm³/mol. The third-order valence-corrected chi connectivity index (χ3v) is 4.26. The number of aliphatic hydroxyl groups is 3. The van der Waals surface area contributed by atoms with Crippen LogP contribution < -0.4 is 0 Å². The summed E-state index contributed by atoms with van der Waals surface area (Å²) < 4.78 is 66.5. The second-order valence-corrected chi connectivity index (χ2v) is 8.15. The van der Waals surface area contributed by atoms with Crippen molar-refractivity contribution < 1.29 is 50.4 Å². The smallest absolute Gasteiger partial charge is 0.267 e. The van der Waals surface area contributed by atoms with Gasteiger partial charge < -0.3 is 24.8 Å². The molecule has 1 saturated heterocycles. The van der Waals surface area contributed by atoms with Crippen LogP contribution in [0.25, 0.3) is 0 Å². The van der Waals surface area contributed by atoms with E-state index in [9.17, 15) is 32.2 Å². The van der Waals surface area contributed by atoms with Gasteiger partial charge in [-0.05, 0) is 6.42 Å². The first kappa shape index (κ1) is 20.7. The standard InChI is InChI=1S/C10H20O11S2/c1-22(14,15)20-4-2-3-19-10-9(13)8(12)7(11)6(21-10)5-23(16,17)18/h6-13H,2-5H2,1H3,(H,16,17,18)/t6-,7-,8+,9-,10-/m1/s1. The van der Waals surface area contributed by atoms with Crippen molar-refractivity contribution in [2.75, 3.05) is 25.2 Å². The highest BCUT2D eigenvalue weighted by molar-refractivity contribution is 7.86. The highest BCUT2D eigenvalue weighted by Gasteiger charge is 2.45. The van der Waals surface area contributed by atoms with Crippen LogP contribution in [0.15, 0.2) is 0 Å². The maximum Gasteiger partial charge on any atom is 0.267 e. The SMILES string of the molecule is CS(=O)(=O)OCCCO[C@@H]1O[C@H](CS(=O)(=O)O)[C@@H](O)[C@H](O)[C@H]1O. The van der Waals surface area contributed by atoms with Crippen molar-refractivity contribution >= 4 is 20.2 Å². The third kappa shape index (κ3) is 7.36. The zero-order valence-electron chi connectivity index (χ0n) is 12.2. The van der Waals surface area contributed by atoms with Crippen LogP contribution in [0.5, 0.6) is 0 Å². The van der Waals surface area contributed by atoms with E-state index in [1.54, 1.807) is 0 Å². The van der Waals surface area contributed by atoms with Crippen molar-refractivity contribution in [1.29, 1.82) is 0 Å². The molecule has 5 atom stereocenters. The molecule has 1 rings (SSSR count). The quantitative estimate of drug-likeness (QED) is 0.192. The van der Waals surface area contributed by atoms with E-state index in [1.165, 1.54) is 0 Å². The highest BCUT2D eigenvalue weighted by atomic mass is 32.2. The van der Waals surface area contributed by atoms with E-state index < -0.39 is 56.7 Å². The van der Waals surface area contributed by atoms with Crippen LogP contribution in [-0.4, -0.2) is 92.6 Å². The largest absolute Gasteiger partial charge is 0.388 e. The molecule has 0 amide bonds. The molecule has 1 fully saturated rings. The van der Waals surface area contributed by atoms with Gasteiger partial charge >= 0.3 is 0 Å². The monoisotopic (exact) mass is 380 g/mol. The fourth-order valence-corrected chi connectivity index (χ4v) is 2.98. The molecular formula is C10H20O11S2. The van der Waals surface area contributed by atoms with E-state index in [4.69, 9.17) is 14.0 Å². The van der Waals surface area contributed by atoms with Crippen molar-refractivity contribution in [1.82, 2.24) is 0 Å². The van der Waals surface area contributed by atoms with Gasteiger partial charge in [0.1, 0.15) is 30.2 Å². The molecule has 0 unspecified atom stereocenters. The zero-order chi connectivity index (χ0) is 17.8. The molecule has 13 heteroatoms. The van der Waals surface area contributed by atoms with Gasteiger partial charge in [-0.1, -0.05) is 0 Å². The Kier molecular flexibility index (Phi) is 7.31. The molecule has 138 valence electrons. The molecule has 0 spiro atoms. The van der Waals surface area contributed by atoms with Crippen molar-refractivity contribution in [2.24, 2.45) is 0 Å². The van der Waals surface area contributed by atoms with Crippen molar-refractivity contribution in [3.63, 3.8) is 0 Å². The van der Waals surface area contributed by atoms with E-state index >= 15 is 0 Å². The van der Waals surface area contributed by atoms with Gasteiger partial charge in [0.2, 0.25) is 0 Å². The number of hydrogen-bond donors (Lipinski definition) is 4. The summed E-state index contributed by atoms with van der Waals surface area (Å²) in [6.07, 6.45) is -7.11. The summed E-state index contributed by atoms with van der Waals surface area (Å²) in [5, 5.41) is 29.0. The van der Waals surface area contributed by atoms with Crippen molar-refractivity contribution in [3.05, 3.63) is 0 Å². The Hall–Kier alpha value is -0.380. The molecule has 0 aliphatic carbocycles. The average Bonchev–Trinajstić information content (AvgIpc) is 2.38. The summed E-state index contributed by atoms with van der Waals surface area (Å²) in [6, 6.07) is 0. The fraction of sp³-hybridized carbons (Fsp3) is 1.00. The van der Waals surface area contributed by atoms with Gasteiger partial charge in [-0.15, -0.1) is 0 Å². The Morgan fingerprint density at radius 3 is 2.13 bits per heavy atom. The molecule has 0 bridgehead atoms. The molecule has 0 radical (unpaired) electrons. The Morgan fingerprint density at radius 2 is 1.61 bits per heavy atom. The van der Waals surface area contributed by atoms with Crippen LogP contribution in [0, 0.1) is 0 Å². The number of rotatable bonds is 8. The summed E-state index contributed by atoms with van der Waals surface area (Å²) in [5.41, 5.74) is 0. The maximum absolute atomic E-state index is 10.8. The second kappa shape index (κ2) is 8.13. The van der Waals surface area contributed by atoms with E-state index in [0.29, 0.717) is 0 Å². The molecular weight excluding hydrogens is 360 g/mol. The topological polar surface area (TPSA) is 177 Å². The first-order valence-corrected chi connectivity index (χ1v) is 9.94. The molecule has 0 aromatic rings. The molecule has 4 N–H and O–H groups in total. The maximum atomic E-state index is 10.8. The lowest BCUT2D eigenvalue weighted by molar-refractivity contribution is -0.292. The van der Waals surface area contributed by atoms with Gasteiger partial charge in [0, 0.05) is 0 Å². The van der Waals surface area contributed by atoms with E-state index in [1.807, 2.05) is 0 Å². The van der Waals surface area contributed by atoms with E-state index in [2.05, 4.69) is 4.18 Å². The molecule has 1 aliphatic heterocycles. The van der Waals surface area contributed by atoms with Crippen LogP contribution >= 0.6 is 0 Å². The van der Waals surface area contributed by atoms with Crippen LogP contribution in [-0.2, 0) is 33.9 Å². The lowest BCUT2D eigenvalue weighted by Crippen LogP contribution is -2.59. The van der Waals surface area contributed by atoms with Crippen LogP contribution in [0.4, 0.5) is 0 Å². The minimum atomic E-state index is -4.49. The Labute approximate surface area is 133 Å². The normalized spacial score (nSPS) is 32.8. The van der Waals surface area contributed by atoms with Gasteiger partial charge in [0.05, 0.1) is 19.5 Å². The summed E-state index contributed by atoms with van der Waals surface area (Å²) in [6.45, 7) is -0.306. The fourth-order valence-electron chi connectivity index (χ4n) is 1.87. The van der Waals surface area contributed by atoms with Crippen molar-refractivity contribution in [2.45, 2.75) is 37.1 Å². The molecule has 1 aliphatic rings. The van der Waals surface area contributed by atoms with Gasteiger partial charge in [-0.2, -0.15) is 16.8 Å². The van der Waals surface area contributed by atoms with E-state index in [0.717, 1.165) is 6.26 Å². The van der Waals surface area contributed by atoms with E-state index in [-0.39, 0.29) is 19.6 Å². The molecule has 23 heavy (non-hydrogen) atoms. The Bertz CT molecular complexity index is 572. The van der Waals surface area contributed by atoms with Crippen molar-refractivity contribution in [3.8, 4) is 0 Å². The van der Waals surface area contributed by atoms with Gasteiger partial charge in [-0.3, -0.25) is 8.74 Å². The minimum Gasteiger partial charge on any atom is -0.388 e. The lowest BCUT2D eigenvalue weighted by atomic mass is 10.00. The summed E-state index contributed by atoms with van der Waals surface area (Å²) in [4.78, 5) is 0. The van der Waals surface area contributed by atoms with Crippen LogP contribution in [0.3, 0.4) is 0 Å². The lowest BCUT2D eigenvalue weighted by Gasteiger charge is -2.39. The van der Waals surface area contributed by atoms with Crippen LogP contribution in [0.2, 0.25) is 0 Å². The molecule has 0 aromatic heterocycles. The third-order valence-electron chi connectivity index (χ3n) is 2.91. The number of ether oxygens (including phenoxy) is 2. The highest BCUT2D eigenvalue weighted by Crippen LogP contribution is 2.23. The Morgan fingerprint density at radius 1 is 1.00 bits per heavy atom. The second-order valence-electron chi connectivity index (χ2n) is 5.01. The first-order chi connectivity index (χ1) is 10.4. The first-order valence-electron chi connectivity index (χ1n) is 6.51. The van der Waals surface area contributed by atoms with Gasteiger partial charge in [0.15, 0.2) is 6.29 Å². The molecule has 0 saturated carbocycles. The number of aliphatic hydroxyl groups excluding tert-OH is 3. The molecule has 1 heterocycles. The zero-order valence-corrected chi connectivity index (χ0v) is 13.8. The van der Waals surface area contributed by atoms with Crippen LogP contribution in [0.1, 0.15) is 6.42 Å². The summed E-state index contributed by atoms with van der Waals surface area (Å²) >= 11 is 0. The van der Waals surface area contributed by atoms with Gasteiger partial charge in [0.25, 0.3) is 20.2 Å². The molecule has 0 aromatic carbocycles. The number of hydrogen-bond acceptors (Lipinski definition) is 10. The summed E-state index contributed by atoms with van der Waals surface area (Å²) in [5.74, 6) is -0.991. The minimum absolute atomic E-state index is 0.112. The summed E-state index contributed by atoms with van der Waals surface area (Å²) in [7, 11) is -8.08.